The Kier molecular flexibility index (Phi) is 2.91. The Morgan fingerprint density at radius 3 is 2.71 bits per heavy atom. The highest BCUT2D eigenvalue weighted by Gasteiger charge is 2.13. The fourth-order valence-corrected chi connectivity index (χ4v) is 1.38. The molecular formula is C12H11FN2O2. The molecular weight excluding hydrogens is 223 g/mol. The lowest BCUT2D eigenvalue weighted by Gasteiger charge is -2.04. The van der Waals surface area contributed by atoms with E-state index in [1.807, 2.05) is 0 Å². The summed E-state index contributed by atoms with van der Waals surface area (Å²) in [4.78, 5) is 11.7. The number of hydrogen-bond acceptors (Lipinski definition) is 3. The number of carbonyl (C=O) groups excluding carboxylic acids is 1. The number of anilines is 1. The van der Waals surface area contributed by atoms with Crippen LogP contribution >= 0.6 is 0 Å². The van der Waals surface area contributed by atoms with Crippen molar-refractivity contribution in [1.29, 1.82) is 0 Å². The zero-order valence-corrected chi connectivity index (χ0v) is 9.45. The summed E-state index contributed by atoms with van der Waals surface area (Å²) in [5.74, 6) is -0.442. The molecule has 0 saturated heterocycles. The predicted octanol–water partition coefficient (Wildman–Crippen LogP) is 2.68. The van der Waals surface area contributed by atoms with Crippen LogP contribution in [-0.2, 0) is 0 Å². The molecule has 2 rings (SSSR count). The van der Waals surface area contributed by atoms with Crippen molar-refractivity contribution in [3.05, 3.63) is 47.1 Å². The maximum Gasteiger partial charge on any atom is 0.277 e. The van der Waals surface area contributed by atoms with Crippen LogP contribution in [0.4, 0.5) is 10.1 Å². The van der Waals surface area contributed by atoms with Gasteiger partial charge in [-0.2, -0.15) is 0 Å². The lowest BCUT2D eigenvalue weighted by Crippen LogP contribution is -2.13. The molecule has 88 valence electrons. The van der Waals surface area contributed by atoms with Gasteiger partial charge in [-0.15, -0.1) is 0 Å². The Balaban J connectivity index is 2.18. The van der Waals surface area contributed by atoms with Crippen molar-refractivity contribution in [2.45, 2.75) is 13.8 Å². The average Bonchev–Trinajstić information content (AvgIpc) is 2.69. The van der Waals surface area contributed by atoms with Crippen LogP contribution in [-0.4, -0.2) is 11.1 Å². The molecule has 0 aliphatic rings. The third kappa shape index (κ3) is 2.50. The van der Waals surface area contributed by atoms with Crippen molar-refractivity contribution in [1.82, 2.24) is 5.16 Å². The number of rotatable bonds is 2. The number of halogens is 1. The Bertz CT molecular complexity index is 563. The molecule has 0 aliphatic heterocycles. The van der Waals surface area contributed by atoms with E-state index in [-0.39, 0.29) is 11.4 Å². The number of amides is 1. The highest BCUT2D eigenvalue weighted by atomic mass is 19.1. The number of carbonyl (C=O) groups is 1. The summed E-state index contributed by atoms with van der Waals surface area (Å²) in [6, 6.07) is 6.06. The molecule has 0 aliphatic carbocycles. The Morgan fingerprint density at radius 1 is 1.35 bits per heavy atom. The van der Waals surface area contributed by atoms with Gasteiger partial charge in [-0.05, 0) is 31.5 Å². The Morgan fingerprint density at radius 2 is 2.12 bits per heavy atom. The molecule has 1 amide bonds. The highest BCUT2D eigenvalue weighted by Crippen LogP contribution is 2.16. The molecule has 1 heterocycles. The molecule has 0 spiro atoms. The first-order valence-electron chi connectivity index (χ1n) is 5.07. The van der Waals surface area contributed by atoms with Gasteiger partial charge >= 0.3 is 0 Å². The number of hydrogen-bond donors (Lipinski definition) is 1. The van der Waals surface area contributed by atoms with Gasteiger partial charge in [0, 0.05) is 6.07 Å². The standard InChI is InChI=1S/C12H11FN2O2/c1-7-3-4-10(9(13)5-7)14-12(16)11-6-8(2)17-15-11/h3-6H,1-2H3,(H,14,16). The third-order valence-corrected chi connectivity index (χ3v) is 2.23. The van der Waals surface area contributed by atoms with E-state index in [2.05, 4.69) is 10.5 Å². The van der Waals surface area contributed by atoms with Crippen LogP contribution in [0.3, 0.4) is 0 Å². The van der Waals surface area contributed by atoms with Crippen LogP contribution in [0, 0.1) is 19.7 Å². The second-order valence-electron chi connectivity index (χ2n) is 3.76. The first kappa shape index (κ1) is 11.3. The minimum Gasteiger partial charge on any atom is -0.361 e. The molecule has 0 bridgehead atoms. The van der Waals surface area contributed by atoms with Crippen molar-refractivity contribution in [3.8, 4) is 0 Å². The van der Waals surface area contributed by atoms with Gasteiger partial charge < -0.3 is 9.84 Å². The van der Waals surface area contributed by atoms with Crippen molar-refractivity contribution in [2.24, 2.45) is 0 Å². The average molecular weight is 234 g/mol. The van der Waals surface area contributed by atoms with Crippen LogP contribution in [0.2, 0.25) is 0 Å². The van der Waals surface area contributed by atoms with Crippen LogP contribution in [0.25, 0.3) is 0 Å². The Labute approximate surface area is 97.4 Å². The van der Waals surface area contributed by atoms with Crippen molar-refractivity contribution < 1.29 is 13.7 Å². The SMILES string of the molecule is Cc1ccc(NC(=O)c2cc(C)on2)c(F)c1. The largest absolute Gasteiger partial charge is 0.361 e. The van der Waals surface area contributed by atoms with Crippen LogP contribution in [0.5, 0.6) is 0 Å². The van der Waals surface area contributed by atoms with Gasteiger partial charge in [0.05, 0.1) is 5.69 Å². The zero-order chi connectivity index (χ0) is 12.4. The lowest BCUT2D eigenvalue weighted by atomic mass is 10.2. The van der Waals surface area contributed by atoms with E-state index >= 15 is 0 Å². The summed E-state index contributed by atoms with van der Waals surface area (Å²) < 4.78 is 18.2. The number of aromatic nitrogens is 1. The van der Waals surface area contributed by atoms with Crippen LogP contribution in [0.15, 0.2) is 28.8 Å². The molecule has 1 aromatic heterocycles. The van der Waals surface area contributed by atoms with E-state index in [1.165, 1.54) is 18.2 Å². The zero-order valence-electron chi connectivity index (χ0n) is 9.45. The van der Waals surface area contributed by atoms with Gasteiger partial charge in [-0.3, -0.25) is 4.79 Å². The number of nitrogens with one attached hydrogen (secondary N) is 1. The molecule has 0 saturated carbocycles. The molecule has 2 aromatic rings. The van der Waals surface area contributed by atoms with Gasteiger partial charge in [0.2, 0.25) is 0 Å². The minimum atomic E-state index is -0.496. The molecule has 17 heavy (non-hydrogen) atoms. The van der Waals surface area contributed by atoms with Gasteiger partial charge in [0.25, 0.3) is 5.91 Å². The summed E-state index contributed by atoms with van der Waals surface area (Å²) in [6.07, 6.45) is 0. The number of benzene rings is 1. The monoisotopic (exact) mass is 234 g/mol. The van der Waals surface area contributed by atoms with E-state index in [0.717, 1.165) is 5.56 Å². The summed E-state index contributed by atoms with van der Waals surface area (Å²) in [7, 11) is 0. The first-order chi connectivity index (χ1) is 8.06. The van der Waals surface area contributed by atoms with Gasteiger partial charge in [-0.25, -0.2) is 4.39 Å². The van der Waals surface area contributed by atoms with Gasteiger partial charge in [-0.1, -0.05) is 11.2 Å². The molecule has 0 atom stereocenters. The van der Waals surface area contributed by atoms with Gasteiger partial charge in [0.1, 0.15) is 11.6 Å². The first-order valence-corrected chi connectivity index (χ1v) is 5.07. The van der Waals surface area contributed by atoms with Gasteiger partial charge in [0.15, 0.2) is 5.69 Å². The molecule has 0 fully saturated rings. The van der Waals surface area contributed by atoms with Crippen molar-refractivity contribution in [3.63, 3.8) is 0 Å². The summed E-state index contributed by atoms with van der Waals surface area (Å²) in [6.45, 7) is 3.45. The molecule has 1 N–H and O–H groups in total. The maximum absolute atomic E-state index is 13.5. The van der Waals surface area contributed by atoms with Crippen molar-refractivity contribution in [2.75, 3.05) is 5.32 Å². The smallest absolute Gasteiger partial charge is 0.277 e. The summed E-state index contributed by atoms with van der Waals surface area (Å²) >= 11 is 0. The van der Waals surface area contributed by atoms with Crippen molar-refractivity contribution >= 4 is 11.6 Å². The molecule has 0 unspecified atom stereocenters. The lowest BCUT2D eigenvalue weighted by molar-refractivity contribution is 0.101. The minimum absolute atomic E-state index is 0.126. The third-order valence-electron chi connectivity index (χ3n) is 2.23. The molecule has 5 heteroatoms. The van der Waals surface area contributed by atoms with Crippen LogP contribution < -0.4 is 5.32 Å². The fourth-order valence-electron chi connectivity index (χ4n) is 1.38. The second kappa shape index (κ2) is 4.37. The highest BCUT2D eigenvalue weighted by molar-refractivity contribution is 6.02. The maximum atomic E-state index is 13.5. The molecule has 1 aromatic carbocycles. The van der Waals surface area contributed by atoms with E-state index in [4.69, 9.17) is 4.52 Å². The summed E-state index contributed by atoms with van der Waals surface area (Å²) in [5.41, 5.74) is 1.04. The molecule has 0 radical (unpaired) electrons. The van der Waals surface area contributed by atoms with E-state index < -0.39 is 11.7 Å². The Hall–Kier alpha value is -2.17. The summed E-state index contributed by atoms with van der Waals surface area (Å²) in [5, 5.41) is 5.98. The second-order valence-corrected chi connectivity index (χ2v) is 3.76. The predicted molar refractivity (Wildman–Crippen MR) is 60.3 cm³/mol. The molecule has 4 nitrogen and oxygen atoms in total. The normalized spacial score (nSPS) is 10.3. The van der Waals surface area contributed by atoms with Crippen LogP contribution in [0.1, 0.15) is 21.8 Å². The number of aryl methyl sites for hydroxylation is 2. The van der Waals surface area contributed by atoms with E-state index in [1.54, 1.807) is 19.9 Å². The fraction of sp³-hybridized carbons (Fsp3) is 0.167. The quantitative estimate of drug-likeness (QED) is 0.869. The topological polar surface area (TPSA) is 55.1 Å². The number of nitrogens with zero attached hydrogens (tertiary/aromatic N) is 1. The van der Waals surface area contributed by atoms with E-state index in [9.17, 15) is 9.18 Å². The van der Waals surface area contributed by atoms with E-state index in [0.29, 0.717) is 5.76 Å².